The van der Waals surface area contributed by atoms with Crippen molar-refractivity contribution < 1.29 is 17.9 Å². The third kappa shape index (κ3) is 5.45. The number of nitrogens with one attached hydrogen (secondary N) is 1. The van der Waals surface area contributed by atoms with Gasteiger partial charge in [-0.05, 0) is 43.3 Å². The normalized spacial score (nSPS) is 16.4. The molecular weight excluding hydrogens is 455 g/mol. The van der Waals surface area contributed by atoms with E-state index in [1.165, 1.54) is 28.2 Å². The second-order valence-corrected chi connectivity index (χ2v) is 10.4. The summed E-state index contributed by atoms with van der Waals surface area (Å²) in [6.07, 6.45) is 0. The minimum atomic E-state index is -3.57. The number of carbonyl (C=O) groups is 1. The third-order valence-corrected chi connectivity index (χ3v) is 8.32. The van der Waals surface area contributed by atoms with Gasteiger partial charge in [0.15, 0.2) is 0 Å². The van der Waals surface area contributed by atoms with Crippen LogP contribution < -0.4 is 5.32 Å². The van der Waals surface area contributed by atoms with E-state index in [1.807, 2.05) is 0 Å². The highest BCUT2D eigenvalue weighted by Gasteiger charge is 2.26. The summed E-state index contributed by atoms with van der Waals surface area (Å²) in [5.74, 6) is -0.241. The number of anilines is 1. The summed E-state index contributed by atoms with van der Waals surface area (Å²) in [4.78, 5) is 13.3. The summed E-state index contributed by atoms with van der Waals surface area (Å²) in [5, 5.41) is 3.30. The molecule has 0 radical (unpaired) electrons. The minimum absolute atomic E-state index is 0.183. The predicted octanol–water partition coefficient (Wildman–Crippen LogP) is 4.13. The maximum Gasteiger partial charge on any atom is 0.243 e. The lowest BCUT2D eigenvalue weighted by molar-refractivity contribution is -0.115. The van der Waals surface area contributed by atoms with Crippen LogP contribution in [0.25, 0.3) is 0 Å². The van der Waals surface area contributed by atoms with Gasteiger partial charge in [-0.2, -0.15) is 4.31 Å². The summed E-state index contributed by atoms with van der Waals surface area (Å²) in [7, 11) is -3.57. The average molecular weight is 475 g/mol. The number of carbonyl (C=O) groups excluding carboxylic acids is 1. The Hall–Kier alpha value is -1.29. The van der Waals surface area contributed by atoms with E-state index in [0.717, 1.165) is 0 Å². The van der Waals surface area contributed by atoms with E-state index >= 15 is 0 Å². The summed E-state index contributed by atoms with van der Waals surface area (Å²) >= 11 is 13.6. The van der Waals surface area contributed by atoms with Crippen molar-refractivity contribution >= 4 is 56.6 Å². The number of ether oxygens (including phenoxy) is 1. The highest BCUT2D eigenvalue weighted by Crippen LogP contribution is 2.36. The van der Waals surface area contributed by atoms with Crippen molar-refractivity contribution in [3.63, 3.8) is 0 Å². The van der Waals surface area contributed by atoms with Crippen LogP contribution in [0.15, 0.2) is 52.3 Å². The largest absolute Gasteiger partial charge is 0.379 e. The lowest BCUT2D eigenvalue weighted by atomic mass is 10.3. The Labute approximate surface area is 184 Å². The Bertz CT molecular complexity index is 958. The zero-order valence-electron chi connectivity index (χ0n) is 15.6. The van der Waals surface area contributed by atoms with Gasteiger partial charge in [-0.25, -0.2) is 8.42 Å². The maximum absolute atomic E-state index is 12.7. The standard InChI is InChI=1S/C19H20Cl2N2O4S2/c1-13(28-18-16(20)3-2-4-17(18)21)19(24)22-14-5-7-15(8-6-14)29(25,26)23-9-11-27-12-10-23/h2-8,13H,9-12H2,1H3,(H,22,24)/t13-/m0/s1. The lowest BCUT2D eigenvalue weighted by Gasteiger charge is -2.26. The van der Waals surface area contributed by atoms with E-state index in [0.29, 0.717) is 46.9 Å². The van der Waals surface area contributed by atoms with Crippen molar-refractivity contribution in [2.24, 2.45) is 0 Å². The second-order valence-electron chi connectivity index (χ2n) is 6.34. The molecule has 10 heteroatoms. The average Bonchev–Trinajstić information content (AvgIpc) is 2.71. The topological polar surface area (TPSA) is 75.7 Å². The molecule has 0 bridgehead atoms. The summed E-state index contributed by atoms with van der Waals surface area (Å²) in [6, 6.07) is 11.3. The molecule has 1 fully saturated rings. The van der Waals surface area contributed by atoms with Crippen molar-refractivity contribution in [2.75, 3.05) is 31.6 Å². The van der Waals surface area contributed by atoms with Crippen molar-refractivity contribution in [1.29, 1.82) is 0 Å². The Morgan fingerprint density at radius 1 is 1.10 bits per heavy atom. The second kappa shape index (κ2) is 9.68. The fraction of sp³-hybridized carbons (Fsp3) is 0.316. The Morgan fingerprint density at radius 3 is 2.28 bits per heavy atom. The number of nitrogens with zero attached hydrogens (tertiary/aromatic N) is 1. The number of benzene rings is 2. The number of hydrogen-bond donors (Lipinski definition) is 1. The number of thioether (sulfide) groups is 1. The number of rotatable bonds is 6. The molecule has 1 aliphatic rings. The molecule has 0 unspecified atom stereocenters. The monoisotopic (exact) mass is 474 g/mol. The van der Waals surface area contributed by atoms with E-state index in [9.17, 15) is 13.2 Å². The zero-order valence-corrected chi connectivity index (χ0v) is 18.7. The fourth-order valence-corrected chi connectivity index (χ4v) is 5.67. The molecule has 1 heterocycles. The molecule has 6 nitrogen and oxygen atoms in total. The highest BCUT2D eigenvalue weighted by atomic mass is 35.5. The molecule has 2 aromatic rings. The van der Waals surface area contributed by atoms with Crippen LogP contribution in [-0.4, -0.2) is 50.2 Å². The van der Waals surface area contributed by atoms with Crippen LogP contribution in [0.1, 0.15) is 6.92 Å². The first-order valence-corrected chi connectivity index (χ1v) is 12.0. The van der Waals surface area contributed by atoms with Crippen LogP contribution in [0.5, 0.6) is 0 Å². The molecule has 1 atom stereocenters. The molecule has 3 rings (SSSR count). The van der Waals surface area contributed by atoms with Crippen LogP contribution in [-0.2, 0) is 19.6 Å². The van der Waals surface area contributed by atoms with Crippen molar-refractivity contribution in [3.8, 4) is 0 Å². The van der Waals surface area contributed by atoms with Crippen LogP contribution in [0, 0.1) is 0 Å². The smallest absolute Gasteiger partial charge is 0.243 e. The van der Waals surface area contributed by atoms with Gasteiger partial charge in [0.05, 0.1) is 33.4 Å². The number of sulfonamides is 1. The van der Waals surface area contributed by atoms with E-state index in [-0.39, 0.29) is 10.8 Å². The Morgan fingerprint density at radius 2 is 1.69 bits per heavy atom. The lowest BCUT2D eigenvalue weighted by Crippen LogP contribution is -2.40. The van der Waals surface area contributed by atoms with E-state index in [2.05, 4.69) is 5.32 Å². The number of amides is 1. The molecule has 1 saturated heterocycles. The predicted molar refractivity (Wildman–Crippen MR) is 116 cm³/mol. The van der Waals surface area contributed by atoms with Crippen molar-refractivity contribution in [3.05, 3.63) is 52.5 Å². The summed E-state index contributed by atoms with van der Waals surface area (Å²) in [5.41, 5.74) is 0.508. The van der Waals surface area contributed by atoms with Gasteiger partial charge in [0.1, 0.15) is 0 Å². The molecule has 1 N–H and O–H groups in total. The summed E-state index contributed by atoms with van der Waals surface area (Å²) in [6.45, 7) is 3.19. The number of hydrogen-bond acceptors (Lipinski definition) is 5. The quantitative estimate of drug-likeness (QED) is 0.636. The first-order valence-electron chi connectivity index (χ1n) is 8.88. The third-order valence-electron chi connectivity index (χ3n) is 4.31. The zero-order chi connectivity index (χ0) is 21.0. The van der Waals surface area contributed by atoms with Gasteiger partial charge in [-0.15, -0.1) is 11.8 Å². The fourth-order valence-electron chi connectivity index (χ4n) is 2.72. The number of halogens is 2. The molecule has 0 saturated carbocycles. The first-order chi connectivity index (χ1) is 13.8. The Kier molecular flexibility index (Phi) is 7.47. The van der Waals surface area contributed by atoms with Gasteiger partial charge in [-0.1, -0.05) is 29.3 Å². The van der Waals surface area contributed by atoms with Crippen molar-refractivity contribution in [2.45, 2.75) is 22.0 Å². The maximum atomic E-state index is 12.7. The van der Waals surface area contributed by atoms with E-state index in [4.69, 9.17) is 27.9 Å². The van der Waals surface area contributed by atoms with E-state index in [1.54, 1.807) is 37.3 Å². The van der Waals surface area contributed by atoms with Crippen LogP contribution in [0.2, 0.25) is 10.0 Å². The Balaban J connectivity index is 1.65. The van der Waals surface area contributed by atoms with Gasteiger partial charge < -0.3 is 10.1 Å². The van der Waals surface area contributed by atoms with Gasteiger partial charge in [0.25, 0.3) is 0 Å². The molecule has 156 valence electrons. The number of morpholine rings is 1. The molecule has 2 aromatic carbocycles. The van der Waals surface area contributed by atoms with Gasteiger partial charge in [0, 0.05) is 23.7 Å². The van der Waals surface area contributed by atoms with Crippen LogP contribution in [0.4, 0.5) is 5.69 Å². The molecule has 0 aliphatic carbocycles. The van der Waals surface area contributed by atoms with Gasteiger partial charge in [0.2, 0.25) is 15.9 Å². The molecule has 1 aliphatic heterocycles. The molecule has 0 aromatic heterocycles. The van der Waals surface area contributed by atoms with Crippen molar-refractivity contribution in [1.82, 2.24) is 4.31 Å². The van der Waals surface area contributed by atoms with E-state index < -0.39 is 15.3 Å². The van der Waals surface area contributed by atoms with Gasteiger partial charge in [-0.3, -0.25) is 4.79 Å². The molecular formula is C19H20Cl2N2O4S2. The summed E-state index contributed by atoms with van der Waals surface area (Å²) < 4.78 is 31.9. The molecule has 29 heavy (non-hydrogen) atoms. The molecule has 0 spiro atoms. The molecule has 1 amide bonds. The van der Waals surface area contributed by atoms with Crippen LogP contribution in [0.3, 0.4) is 0 Å². The van der Waals surface area contributed by atoms with Crippen LogP contribution >= 0.6 is 35.0 Å². The van der Waals surface area contributed by atoms with Gasteiger partial charge >= 0.3 is 0 Å². The highest BCUT2D eigenvalue weighted by molar-refractivity contribution is 8.00. The minimum Gasteiger partial charge on any atom is -0.379 e. The first kappa shape index (κ1) is 22.4. The SMILES string of the molecule is C[C@H](Sc1c(Cl)cccc1Cl)C(=O)Nc1ccc(S(=O)(=O)N2CCOCC2)cc1.